The van der Waals surface area contributed by atoms with Crippen LogP contribution in [0.2, 0.25) is 0 Å². The summed E-state index contributed by atoms with van der Waals surface area (Å²) in [7, 11) is 0. The molecule has 0 fully saturated rings. The Morgan fingerprint density at radius 2 is 2.07 bits per heavy atom. The van der Waals surface area contributed by atoms with Crippen LogP contribution in [0, 0.1) is 0 Å². The lowest BCUT2D eigenvalue weighted by Gasteiger charge is -2.29. The third kappa shape index (κ3) is 7.40. The van der Waals surface area contributed by atoms with Crippen molar-refractivity contribution < 1.29 is 9.53 Å². The van der Waals surface area contributed by atoms with Crippen LogP contribution in [0.5, 0.6) is 5.75 Å². The average Bonchev–Trinajstić information content (AvgIpc) is 2.64. The molecule has 1 aromatic rings. The smallest absolute Gasteiger partial charge is 0.265 e. The lowest BCUT2D eigenvalue weighted by Crippen LogP contribution is -2.42. The van der Waals surface area contributed by atoms with Crippen LogP contribution in [-0.4, -0.2) is 55.7 Å². The molecular formula is C19H31IN4O2S. The number of carbonyl (C=O) groups is 1. The maximum Gasteiger partial charge on any atom is 0.265 e. The Hall–Kier alpha value is -1.16. The van der Waals surface area contributed by atoms with Crippen LogP contribution in [0.25, 0.3) is 0 Å². The summed E-state index contributed by atoms with van der Waals surface area (Å²) < 4.78 is 5.60. The molecule has 8 heteroatoms. The molecule has 0 saturated heterocycles. The van der Waals surface area contributed by atoms with Gasteiger partial charge in [0.15, 0.2) is 12.6 Å². The third-order valence-corrected chi connectivity index (χ3v) is 5.41. The van der Waals surface area contributed by atoms with Crippen molar-refractivity contribution in [3.63, 3.8) is 0 Å². The van der Waals surface area contributed by atoms with Crippen molar-refractivity contribution in [2.45, 2.75) is 31.9 Å². The summed E-state index contributed by atoms with van der Waals surface area (Å²) in [5, 5.41) is 6.63. The van der Waals surface area contributed by atoms with Crippen LogP contribution in [0.3, 0.4) is 0 Å². The summed E-state index contributed by atoms with van der Waals surface area (Å²) in [6, 6.07) is 7.67. The Morgan fingerprint density at radius 1 is 1.33 bits per heavy atom. The topological polar surface area (TPSA) is 66.0 Å². The highest BCUT2D eigenvalue weighted by atomic mass is 127. The number of hydrogen-bond acceptors (Lipinski definition) is 4. The summed E-state index contributed by atoms with van der Waals surface area (Å²) in [4.78, 5) is 18.6. The van der Waals surface area contributed by atoms with Crippen LogP contribution < -0.4 is 20.3 Å². The molecular weight excluding hydrogens is 475 g/mol. The first-order chi connectivity index (χ1) is 12.5. The molecule has 0 aliphatic carbocycles. The van der Waals surface area contributed by atoms with Crippen LogP contribution in [-0.2, 0) is 4.79 Å². The number of para-hydroxylation sites is 2. The molecule has 152 valence electrons. The normalized spacial score (nSPS) is 14.1. The van der Waals surface area contributed by atoms with E-state index in [1.165, 1.54) is 0 Å². The zero-order chi connectivity index (χ0) is 19.0. The molecule has 1 heterocycles. The molecule has 0 unspecified atom stereocenters. The number of guanidine groups is 1. The summed E-state index contributed by atoms with van der Waals surface area (Å²) in [5.74, 6) is 1.60. The summed E-state index contributed by atoms with van der Waals surface area (Å²) in [5.41, 5.74) is 0.853. The predicted octanol–water partition coefficient (Wildman–Crippen LogP) is 3.12. The second-order valence-corrected chi connectivity index (χ2v) is 8.25. The van der Waals surface area contributed by atoms with Crippen molar-refractivity contribution in [1.82, 2.24) is 10.6 Å². The second kappa shape index (κ2) is 11.6. The minimum Gasteiger partial charge on any atom is -0.482 e. The molecule has 1 aliphatic heterocycles. The molecule has 0 atom stereocenters. The summed E-state index contributed by atoms with van der Waals surface area (Å²) in [6.45, 7) is 9.51. The van der Waals surface area contributed by atoms with Gasteiger partial charge in [0.2, 0.25) is 0 Å². The van der Waals surface area contributed by atoms with Gasteiger partial charge in [0.05, 0.1) is 12.2 Å². The van der Waals surface area contributed by atoms with E-state index in [2.05, 4.69) is 42.7 Å². The van der Waals surface area contributed by atoms with Crippen molar-refractivity contribution in [2.24, 2.45) is 4.99 Å². The Bertz CT molecular complexity index is 640. The van der Waals surface area contributed by atoms with Gasteiger partial charge in [-0.15, -0.1) is 24.0 Å². The van der Waals surface area contributed by atoms with Crippen molar-refractivity contribution in [2.75, 3.05) is 43.9 Å². The largest absolute Gasteiger partial charge is 0.482 e. The fraction of sp³-hybridized carbons (Fsp3) is 0.579. The van der Waals surface area contributed by atoms with E-state index in [1.54, 1.807) is 4.90 Å². The standard InChI is InChI=1S/C19H30N4O2S.HI/c1-5-20-18(22-14-19(2,3)26-4)21-11-8-12-23-15-9-6-7-10-16(15)25-13-17(23)24;/h6-7,9-10H,5,8,11-14H2,1-4H3,(H2,20,21,22);1H. The number of fused-ring (bicyclic) bond motifs is 1. The quantitative estimate of drug-likeness (QED) is 0.246. The Kier molecular flexibility index (Phi) is 10.3. The summed E-state index contributed by atoms with van der Waals surface area (Å²) in [6.07, 6.45) is 2.93. The van der Waals surface area contributed by atoms with Gasteiger partial charge in [0, 0.05) is 24.4 Å². The molecule has 1 aromatic carbocycles. The zero-order valence-electron chi connectivity index (χ0n) is 16.6. The first kappa shape index (κ1) is 23.9. The lowest BCUT2D eigenvalue weighted by molar-refractivity contribution is -0.121. The number of halogens is 1. The van der Waals surface area contributed by atoms with E-state index in [4.69, 9.17) is 4.74 Å². The first-order valence-corrected chi connectivity index (χ1v) is 10.3. The highest BCUT2D eigenvalue weighted by Gasteiger charge is 2.24. The van der Waals surface area contributed by atoms with Crippen LogP contribution in [0.4, 0.5) is 5.69 Å². The maximum atomic E-state index is 12.2. The number of amides is 1. The van der Waals surface area contributed by atoms with E-state index in [0.717, 1.165) is 43.5 Å². The SMILES string of the molecule is CCNC(=NCC(C)(C)SC)NCCCN1C(=O)COc2ccccc21.I. The molecule has 0 radical (unpaired) electrons. The third-order valence-electron chi connectivity index (χ3n) is 4.17. The van der Waals surface area contributed by atoms with Gasteiger partial charge in [-0.2, -0.15) is 11.8 Å². The number of nitrogens with zero attached hydrogens (tertiary/aromatic N) is 2. The van der Waals surface area contributed by atoms with Crippen molar-refractivity contribution in [3.8, 4) is 5.75 Å². The van der Waals surface area contributed by atoms with Gasteiger partial charge in [0.1, 0.15) is 5.75 Å². The van der Waals surface area contributed by atoms with Crippen LogP contribution in [0.1, 0.15) is 27.2 Å². The number of ether oxygens (including phenoxy) is 1. The average molecular weight is 506 g/mol. The zero-order valence-corrected chi connectivity index (χ0v) is 19.7. The monoisotopic (exact) mass is 506 g/mol. The molecule has 0 bridgehead atoms. The number of anilines is 1. The van der Waals surface area contributed by atoms with E-state index in [1.807, 2.05) is 36.0 Å². The molecule has 27 heavy (non-hydrogen) atoms. The molecule has 2 rings (SSSR count). The summed E-state index contributed by atoms with van der Waals surface area (Å²) >= 11 is 1.81. The molecule has 1 amide bonds. The van der Waals surface area contributed by atoms with Gasteiger partial charge in [-0.3, -0.25) is 9.79 Å². The van der Waals surface area contributed by atoms with E-state index < -0.39 is 0 Å². The second-order valence-electron chi connectivity index (χ2n) is 6.74. The number of nitrogens with one attached hydrogen (secondary N) is 2. The van der Waals surface area contributed by atoms with Gasteiger partial charge in [0.25, 0.3) is 5.91 Å². The van der Waals surface area contributed by atoms with E-state index in [-0.39, 0.29) is 41.2 Å². The van der Waals surface area contributed by atoms with Crippen molar-refractivity contribution >= 4 is 53.3 Å². The van der Waals surface area contributed by atoms with Gasteiger partial charge < -0.3 is 20.3 Å². The minimum atomic E-state index is 0. The van der Waals surface area contributed by atoms with Crippen LogP contribution in [0.15, 0.2) is 29.3 Å². The number of hydrogen-bond donors (Lipinski definition) is 2. The molecule has 2 N–H and O–H groups in total. The number of thioether (sulfide) groups is 1. The highest BCUT2D eigenvalue weighted by Crippen LogP contribution is 2.31. The lowest BCUT2D eigenvalue weighted by atomic mass is 10.2. The molecule has 1 aliphatic rings. The molecule has 0 spiro atoms. The van der Waals surface area contributed by atoms with E-state index >= 15 is 0 Å². The van der Waals surface area contributed by atoms with Gasteiger partial charge >= 0.3 is 0 Å². The number of benzene rings is 1. The fourth-order valence-electron chi connectivity index (χ4n) is 2.52. The number of carbonyl (C=O) groups excluding carboxylic acids is 1. The van der Waals surface area contributed by atoms with Crippen molar-refractivity contribution in [1.29, 1.82) is 0 Å². The Balaban J connectivity index is 0.00000364. The Morgan fingerprint density at radius 3 is 2.78 bits per heavy atom. The van der Waals surface area contributed by atoms with Gasteiger partial charge in [-0.05, 0) is 45.6 Å². The van der Waals surface area contributed by atoms with E-state index in [0.29, 0.717) is 6.54 Å². The van der Waals surface area contributed by atoms with Crippen molar-refractivity contribution in [3.05, 3.63) is 24.3 Å². The minimum absolute atomic E-state index is 0. The Labute approximate surface area is 183 Å². The predicted molar refractivity (Wildman–Crippen MR) is 126 cm³/mol. The first-order valence-electron chi connectivity index (χ1n) is 9.06. The number of rotatable bonds is 8. The van der Waals surface area contributed by atoms with E-state index in [9.17, 15) is 4.79 Å². The molecule has 6 nitrogen and oxygen atoms in total. The fourth-order valence-corrected chi connectivity index (χ4v) is 2.71. The maximum absolute atomic E-state index is 12.2. The highest BCUT2D eigenvalue weighted by molar-refractivity contribution is 14.0. The molecule has 0 aromatic heterocycles. The van der Waals surface area contributed by atoms with Gasteiger partial charge in [-0.25, -0.2) is 0 Å². The van der Waals surface area contributed by atoms with Crippen LogP contribution >= 0.6 is 35.7 Å². The molecule has 0 saturated carbocycles. The van der Waals surface area contributed by atoms with Gasteiger partial charge in [-0.1, -0.05) is 12.1 Å². The number of aliphatic imine (C=N–C) groups is 1.